The lowest BCUT2D eigenvalue weighted by molar-refractivity contribution is -0.119. The number of hydrogen-bond acceptors (Lipinski definition) is 3. The zero-order chi connectivity index (χ0) is 17.1. The standard InChI is InChI=1S/C18H17ClFNO3/c1-23-13-4-2-12(3-5-13)10-21-17(22)9-6-14-16(24-11-19)8-7-15(20)18(14)21/h2-5,7-8H,6,9-11H2,1H3. The molecule has 126 valence electrons. The molecule has 1 aliphatic heterocycles. The second kappa shape index (κ2) is 7.09. The molecule has 2 aromatic rings. The van der Waals surface area contributed by atoms with Crippen molar-refractivity contribution in [1.29, 1.82) is 0 Å². The number of ether oxygens (including phenoxy) is 2. The summed E-state index contributed by atoms with van der Waals surface area (Å²) in [5, 5.41) is 0. The summed E-state index contributed by atoms with van der Waals surface area (Å²) in [5.41, 5.74) is 1.86. The van der Waals surface area contributed by atoms with Crippen LogP contribution in [0.5, 0.6) is 11.5 Å². The SMILES string of the molecule is COc1ccc(CN2C(=O)CCc3c(OCCl)ccc(F)c32)cc1. The lowest BCUT2D eigenvalue weighted by atomic mass is 9.99. The van der Waals surface area contributed by atoms with Crippen LogP contribution >= 0.6 is 11.6 Å². The van der Waals surface area contributed by atoms with Crippen LogP contribution in [0.25, 0.3) is 0 Å². The fourth-order valence-corrected chi connectivity index (χ4v) is 3.01. The van der Waals surface area contributed by atoms with Crippen LogP contribution < -0.4 is 14.4 Å². The van der Waals surface area contributed by atoms with E-state index in [1.54, 1.807) is 13.2 Å². The lowest BCUT2D eigenvalue weighted by Gasteiger charge is -2.31. The van der Waals surface area contributed by atoms with Crippen LogP contribution in [0.2, 0.25) is 0 Å². The summed E-state index contributed by atoms with van der Waals surface area (Å²) in [5.74, 6) is 0.704. The molecule has 0 N–H and O–H groups in total. The Kier molecular flexibility index (Phi) is 4.90. The van der Waals surface area contributed by atoms with Crippen LogP contribution in [0.4, 0.5) is 10.1 Å². The third-order valence-corrected chi connectivity index (χ3v) is 4.17. The average Bonchev–Trinajstić information content (AvgIpc) is 2.60. The average molecular weight is 350 g/mol. The number of alkyl halides is 1. The quantitative estimate of drug-likeness (QED) is 0.769. The molecule has 4 nitrogen and oxygen atoms in total. The highest BCUT2D eigenvalue weighted by Crippen LogP contribution is 2.38. The zero-order valence-corrected chi connectivity index (χ0v) is 14.0. The third-order valence-electron chi connectivity index (χ3n) is 4.06. The smallest absolute Gasteiger partial charge is 0.227 e. The van der Waals surface area contributed by atoms with Gasteiger partial charge in [0.05, 0.1) is 19.3 Å². The van der Waals surface area contributed by atoms with E-state index in [4.69, 9.17) is 21.1 Å². The Balaban J connectivity index is 1.96. The Bertz CT molecular complexity index is 749. The minimum atomic E-state index is -0.437. The van der Waals surface area contributed by atoms with Crippen molar-refractivity contribution in [1.82, 2.24) is 0 Å². The molecule has 24 heavy (non-hydrogen) atoms. The molecule has 6 heteroatoms. The maximum Gasteiger partial charge on any atom is 0.227 e. The van der Waals surface area contributed by atoms with Gasteiger partial charge in [0.15, 0.2) is 6.07 Å². The first-order valence-corrected chi connectivity index (χ1v) is 8.11. The van der Waals surface area contributed by atoms with Gasteiger partial charge in [-0.3, -0.25) is 4.79 Å². The van der Waals surface area contributed by atoms with Gasteiger partial charge in [-0.2, -0.15) is 0 Å². The fraction of sp³-hybridized carbons (Fsp3) is 0.278. The van der Waals surface area contributed by atoms with Gasteiger partial charge in [-0.25, -0.2) is 4.39 Å². The molecule has 1 aliphatic rings. The Hall–Kier alpha value is -2.27. The molecule has 0 aliphatic carbocycles. The largest absolute Gasteiger partial charge is 0.497 e. The number of benzene rings is 2. The number of carbonyl (C=O) groups is 1. The van der Waals surface area contributed by atoms with E-state index >= 15 is 0 Å². The number of carbonyl (C=O) groups excluding carboxylic acids is 1. The molecule has 0 saturated carbocycles. The summed E-state index contributed by atoms with van der Waals surface area (Å²) in [6, 6.07) is 10.2. The zero-order valence-electron chi connectivity index (χ0n) is 13.2. The van der Waals surface area contributed by atoms with E-state index in [1.165, 1.54) is 11.0 Å². The van der Waals surface area contributed by atoms with Crippen molar-refractivity contribution in [3.63, 3.8) is 0 Å². The van der Waals surface area contributed by atoms with E-state index in [0.29, 0.717) is 24.2 Å². The summed E-state index contributed by atoms with van der Waals surface area (Å²) >= 11 is 5.63. The molecule has 0 spiro atoms. The van der Waals surface area contributed by atoms with Crippen molar-refractivity contribution in [2.75, 3.05) is 18.1 Å². The minimum Gasteiger partial charge on any atom is -0.497 e. The van der Waals surface area contributed by atoms with Gasteiger partial charge in [-0.1, -0.05) is 23.7 Å². The van der Waals surface area contributed by atoms with Gasteiger partial charge in [-0.15, -0.1) is 0 Å². The maximum atomic E-state index is 14.4. The summed E-state index contributed by atoms with van der Waals surface area (Å²) in [4.78, 5) is 13.8. The molecule has 1 heterocycles. The predicted molar refractivity (Wildman–Crippen MR) is 90.3 cm³/mol. The number of methoxy groups -OCH3 is 1. The molecule has 0 radical (unpaired) electrons. The van der Waals surface area contributed by atoms with Crippen molar-refractivity contribution in [3.8, 4) is 11.5 Å². The Morgan fingerprint density at radius 3 is 2.58 bits per heavy atom. The summed E-state index contributed by atoms with van der Waals surface area (Å²) in [6.45, 7) is 0.289. The first-order chi connectivity index (χ1) is 11.6. The first kappa shape index (κ1) is 16.6. The van der Waals surface area contributed by atoms with Crippen LogP contribution in [0.1, 0.15) is 17.5 Å². The van der Waals surface area contributed by atoms with E-state index in [2.05, 4.69) is 0 Å². The number of hydrogen-bond donors (Lipinski definition) is 0. The molecular formula is C18H17ClFNO3. The van der Waals surface area contributed by atoms with Gasteiger partial charge in [-0.05, 0) is 36.2 Å². The predicted octanol–water partition coefficient (Wildman–Crippen LogP) is 3.89. The molecule has 0 unspecified atom stereocenters. The van der Waals surface area contributed by atoms with Crippen molar-refractivity contribution in [2.24, 2.45) is 0 Å². The van der Waals surface area contributed by atoms with Crippen LogP contribution in [0, 0.1) is 5.82 Å². The molecule has 0 saturated heterocycles. The Labute approximate surface area is 144 Å². The third kappa shape index (κ3) is 3.17. The van der Waals surface area contributed by atoms with Crippen molar-refractivity contribution >= 4 is 23.2 Å². The number of amides is 1. The highest BCUT2D eigenvalue weighted by molar-refractivity contribution is 6.17. The monoisotopic (exact) mass is 349 g/mol. The lowest BCUT2D eigenvalue weighted by Crippen LogP contribution is -2.35. The minimum absolute atomic E-state index is 0.0233. The van der Waals surface area contributed by atoms with Gasteiger partial charge in [0.2, 0.25) is 5.91 Å². The fourth-order valence-electron chi connectivity index (χ4n) is 2.89. The highest BCUT2D eigenvalue weighted by atomic mass is 35.5. The van der Waals surface area contributed by atoms with E-state index in [0.717, 1.165) is 11.3 Å². The summed E-state index contributed by atoms with van der Waals surface area (Å²) in [7, 11) is 1.59. The van der Waals surface area contributed by atoms with Crippen LogP contribution in [-0.4, -0.2) is 19.1 Å². The number of anilines is 1. The number of nitrogens with zero attached hydrogens (tertiary/aromatic N) is 1. The molecular weight excluding hydrogens is 333 g/mol. The topological polar surface area (TPSA) is 38.8 Å². The van der Waals surface area contributed by atoms with Crippen LogP contribution in [0.3, 0.4) is 0 Å². The van der Waals surface area contributed by atoms with E-state index in [1.807, 2.05) is 24.3 Å². The normalized spacial score (nSPS) is 13.6. The molecule has 0 atom stereocenters. The van der Waals surface area contributed by atoms with E-state index in [9.17, 15) is 9.18 Å². The van der Waals surface area contributed by atoms with Gasteiger partial charge in [0.1, 0.15) is 17.3 Å². The maximum absolute atomic E-state index is 14.4. The van der Waals surface area contributed by atoms with E-state index in [-0.39, 0.29) is 24.2 Å². The summed E-state index contributed by atoms with van der Waals surface area (Å²) in [6.07, 6.45) is 0.752. The van der Waals surface area contributed by atoms with Gasteiger partial charge in [0.25, 0.3) is 0 Å². The van der Waals surface area contributed by atoms with E-state index < -0.39 is 5.82 Å². The molecule has 3 rings (SSSR count). The molecule has 0 aromatic heterocycles. The van der Waals surface area contributed by atoms with Crippen molar-refractivity contribution in [3.05, 3.63) is 53.3 Å². The molecule has 2 aromatic carbocycles. The molecule has 0 fully saturated rings. The van der Waals surface area contributed by atoms with Gasteiger partial charge >= 0.3 is 0 Å². The Morgan fingerprint density at radius 2 is 1.92 bits per heavy atom. The van der Waals surface area contributed by atoms with Crippen molar-refractivity contribution < 1.29 is 18.7 Å². The van der Waals surface area contributed by atoms with Crippen LogP contribution in [-0.2, 0) is 17.8 Å². The number of rotatable bonds is 5. The number of halogens is 2. The van der Waals surface area contributed by atoms with Crippen LogP contribution in [0.15, 0.2) is 36.4 Å². The van der Waals surface area contributed by atoms with Crippen molar-refractivity contribution in [2.45, 2.75) is 19.4 Å². The second-order valence-electron chi connectivity index (χ2n) is 5.45. The summed E-state index contributed by atoms with van der Waals surface area (Å²) < 4.78 is 24.9. The Morgan fingerprint density at radius 1 is 1.17 bits per heavy atom. The highest BCUT2D eigenvalue weighted by Gasteiger charge is 2.29. The second-order valence-corrected chi connectivity index (χ2v) is 5.67. The molecule has 0 bridgehead atoms. The first-order valence-electron chi connectivity index (χ1n) is 7.57. The van der Waals surface area contributed by atoms with Gasteiger partial charge in [0, 0.05) is 12.0 Å². The number of fused-ring (bicyclic) bond motifs is 1. The van der Waals surface area contributed by atoms with Gasteiger partial charge < -0.3 is 14.4 Å². The molecule has 1 amide bonds.